The number of aromatic nitrogens is 5. The second-order valence-corrected chi connectivity index (χ2v) is 6.04. The summed E-state index contributed by atoms with van der Waals surface area (Å²) in [7, 11) is 0. The second-order valence-electron chi connectivity index (χ2n) is 5.24. The molecule has 1 aliphatic carbocycles. The molecule has 2 atom stereocenters. The molecule has 2 aromatic rings. The lowest BCUT2D eigenvalue weighted by molar-refractivity contribution is 0.332. The van der Waals surface area contributed by atoms with Crippen molar-refractivity contribution >= 4 is 23.4 Å². The van der Waals surface area contributed by atoms with Crippen molar-refractivity contribution in [3.8, 4) is 0 Å². The molecule has 0 radical (unpaired) electrons. The fourth-order valence-electron chi connectivity index (χ4n) is 2.86. The molecule has 1 aliphatic rings. The van der Waals surface area contributed by atoms with E-state index < -0.39 is 0 Å². The molecular formula is C12H18N6S. The molecule has 1 saturated carbocycles. The summed E-state index contributed by atoms with van der Waals surface area (Å²) in [6.07, 6.45) is 6.82. The molecule has 2 heterocycles. The maximum atomic E-state index is 5.77. The molecule has 0 spiro atoms. The Bertz CT molecular complexity index is 595. The Balaban J connectivity index is 2.07. The van der Waals surface area contributed by atoms with Gasteiger partial charge in [-0.2, -0.15) is 4.52 Å². The standard InChI is InChI=1S/C12H18N6S/c1-7-4-3-5-8(6-7)9-15-16-10-11(19-2)14-12(13)17-18(9)10/h7-8H,3-6H2,1-2H3,(H2,13,17). The van der Waals surface area contributed by atoms with E-state index in [1.165, 1.54) is 24.6 Å². The van der Waals surface area contributed by atoms with Crippen LogP contribution in [0.4, 0.5) is 5.95 Å². The molecule has 0 aliphatic heterocycles. The fourth-order valence-corrected chi connectivity index (χ4v) is 3.36. The summed E-state index contributed by atoms with van der Waals surface area (Å²) >= 11 is 1.52. The summed E-state index contributed by atoms with van der Waals surface area (Å²) in [6.45, 7) is 2.30. The van der Waals surface area contributed by atoms with Crippen LogP contribution in [0.2, 0.25) is 0 Å². The molecule has 19 heavy (non-hydrogen) atoms. The van der Waals surface area contributed by atoms with Crippen molar-refractivity contribution in [2.24, 2.45) is 5.92 Å². The van der Waals surface area contributed by atoms with Crippen molar-refractivity contribution in [2.75, 3.05) is 12.0 Å². The first-order valence-electron chi connectivity index (χ1n) is 6.62. The van der Waals surface area contributed by atoms with E-state index in [1.807, 2.05) is 6.26 Å². The lowest BCUT2D eigenvalue weighted by Crippen LogP contribution is -2.16. The highest BCUT2D eigenvalue weighted by Gasteiger charge is 2.26. The van der Waals surface area contributed by atoms with Crippen LogP contribution in [-0.2, 0) is 0 Å². The second kappa shape index (κ2) is 4.96. The lowest BCUT2D eigenvalue weighted by Gasteiger charge is -2.24. The van der Waals surface area contributed by atoms with E-state index in [2.05, 4.69) is 27.2 Å². The average molecular weight is 278 g/mol. The molecule has 6 nitrogen and oxygen atoms in total. The topological polar surface area (TPSA) is 82.0 Å². The number of nitrogen functional groups attached to an aromatic ring is 1. The Morgan fingerprint density at radius 2 is 2.16 bits per heavy atom. The van der Waals surface area contributed by atoms with Crippen molar-refractivity contribution in [3.63, 3.8) is 0 Å². The van der Waals surface area contributed by atoms with Crippen molar-refractivity contribution in [2.45, 2.75) is 43.6 Å². The maximum Gasteiger partial charge on any atom is 0.239 e. The zero-order valence-corrected chi connectivity index (χ0v) is 12.0. The molecule has 102 valence electrons. The van der Waals surface area contributed by atoms with E-state index in [0.717, 1.165) is 35.3 Å². The average Bonchev–Trinajstić information content (AvgIpc) is 2.81. The number of nitrogens with zero attached hydrogens (tertiary/aromatic N) is 5. The zero-order valence-electron chi connectivity index (χ0n) is 11.2. The smallest absolute Gasteiger partial charge is 0.239 e. The minimum atomic E-state index is 0.279. The highest BCUT2D eigenvalue weighted by Crippen LogP contribution is 2.35. The zero-order chi connectivity index (χ0) is 13.4. The van der Waals surface area contributed by atoms with Gasteiger partial charge >= 0.3 is 0 Å². The Morgan fingerprint density at radius 1 is 1.32 bits per heavy atom. The van der Waals surface area contributed by atoms with Crippen molar-refractivity contribution in [1.29, 1.82) is 0 Å². The van der Waals surface area contributed by atoms with Gasteiger partial charge in [-0.3, -0.25) is 0 Å². The molecule has 2 unspecified atom stereocenters. The summed E-state index contributed by atoms with van der Waals surface area (Å²) in [4.78, 5) is 4.20. The van der Waals surface area contributed by atoms with Gasteiger partial charge in [0.1, 0.15) is 5.03 Å². The van der Waals surface area contributed by atoms with Gasteiger partial charge in [0.15, 0.2) is 5.82 Å². The largest absolute Gasteiger partial charge is 0.367 e. The van der Waals surface area contributed by atoms with Crippen LogP contribution >= 0.6 is 11.8 Å². The van der Waals surface area contributed by atoms with Crippen LogP contribution < -0.4 is 5.73 Å². The predicted molar refractivity (Wildman–Crippen MR) is 75.1 cm³/mol. The van der Waals surface area contributed by atoms with Crippen LogP contribution in [0.15, 0.2) is 5.03 Å². The first-order chi connectivity index (χ1) is 9.19. The Morgan fingerprint density at radius 3 is 2.89 bits per heavy atom. The van der Waals surface area contributed by atoms with Crippen LogP contribution in [0.3, 0.4) is 0 Å². The molecule has 1 fully saturated rings. The number of thioether (sulfide) groups is 1. The van der Waals surface area contributed by atoms with Gasteiger partial charge in [-0.25, -0.2) is 4.98 Å². The molecule has 0 amide bonds. The van der Waals surface area contributed by atoms with Gasteiger partial charge in [0, 0.05) is 5.92 Å². The molecule has 2 aromatic heterocycles. The first kappa shape index (κ1) is 12.7. The lowest BCUT2D eigenvalue weighted by atomic mass is 9.82. The summed E-state index contributed by atoms with van der Waals surface area (Å²) in [5, 5.41) is 13.7. The molecule has 2 N–H and O–H groups in total. The van der Waals surface area contributed by atoms with Crippen LogP contribution in [0, 0.1) is 5.92 Å². The molecule has 0 bridgehead atoms. The molecule has 3 rings (SSSR count). The monoisotopic (exact) mass is 278 g/mol. The van der Waals surface area contributed by atoms with Gasteiger partial charge in [-0.1, -0.05) is 19.8 Å². The quantitative estimate of drug-likeness (QED) is 0.847. The van der Waals surface area contributed by atoms with E-state index in [-0.39, 0.29) is 5.95 Å². The Labute approximate surface area is 116 Å². The molecule has 7 heteroatoms. The van der Waals surface area contributed by atoms with Gasteiger partial charge in [-0.15, -0.1) is 27.1 Å². The number of fused-ring (bicyclic) bond motifs is 1. The highest BCUT2D eigenvalue weighted by molar-refractivity contribution is 7.98. The third-order valence-electron chi connectivity index (χ3n) is 3.77. The minimum Gasteiger partial charge on any atom is -0.367 e. The van der Waals surface area contributed by atoms with Gasteiger partial charge in [0.05, 0.1) is 0 Å². The van der Waals surface area contributed by atoms with Crippen LogP contribution in [0.1, 0.15) is 44.3 Å². The summed E-state index contributed by atoms with van der Waals surface area (Å²) in [5.41, 5.74) is 6.49. The van der Waals surface area contributed by atoms with Crippen LogP contribution in [-0.4, -0.2) is 31.1 Å². The predicted octanol–water partition coefficient (Wildman–Crippen LogP) is 2.12. The molecule has 0 saturated heterocycles. The Hall–Kier alpha value is -1.37. The van der Waals surface area contributed by atoms with E-state index >= 15 is 0 Å². The van der Waals surface area contributed by atoms with Gasteiger partial charge < -0.3 is 5.73 Å². The summed E-state index contributed by atoms with van der Waals surface area (Å²) in [5.74, 6) is 2.39. The Kier molecular flexibility index (Phi) is 3.30. The van der Waals surface area contributed by atoms with E-state index in [0.29, 0.717) is 5.92 Å². The van der Waals surface area contributed by atoms with Crippen molar-refractivity contribution in [3.05, 3.63) is 5.82 Å². The third kappa shape index (κ3) is 2.27. The number of hydrogen-bond donors (Lipinski definition) is 1. The number of anilines is 1. The van der Waals surface area contributed by atoms with Crippen molar-refractivity contribution in [1.82, 2.24) is 24.8 Å². The maximum absolute atomic E-state index is 5.77. The summed E-state index contributed by atoms with van der Waals surface area (Å²) in [6, 6.07) is 0. The van der Waals surface area contributed by atoms with E-state index in [9.17, 15) is 0 Å². The van der Waals surface area contributed by atoms with Gasteiger partial charge in [0.2, 0.25) is 11.6 Å². The molecular weight excluding hydrogens is 260 g/mol. The van der Waals surface area contributed by atoms with Crippen LogP contribution in [0.5, 0.6) is 0 Å². The first-order valence-corrected chi connectivity index (χ1v) is 7.84. The fraction of sp³-hybridized carbons (Fsp3) is 0.667. The summed E-state index contributed by atoms with van der Waals surface area (Å²) < 4.78 is 1.79. The van der Waals surface area contributed by atoms with Gasteiger partial charge in [0.25, 0.3) is 0 Å². The van der Waals surface area contributed by atoms with Crippen LogP contribution in [0.25, 0.3) is 5.65 Å². The highest BCUT2D eigenvalue weighted by atomic mass is 32.2. The van der Waals surface area contributed by atoms with E-state index in [1.54, 1.807) is 4.52 Å². The molecule has 0 aromatic carbocycles. The normalized spacial score (nSPS) is 23.9. The van der Waals surface area contributed by atoms with Gasteiger partial charge in [-0.05, 0) is 25.0 Å². The van der Waals surface area contributed by atoms with Crippen molar-refractivity contribution < 1.29 is 0 Å². The SMILES string of the molecule is CSc1nc(N)nn2c(C3CCCC(C)C3)nnc12. The number of rotatable bonds is 2. The minimum absolute atomic E-state index is 0.279. The third-order valence-corrected chi connectivity index (χ3v) is 4.43. The number of nitrogens with two attached hydrogens (primary N) is 1. The van der Waals surface area contributed by atoms with E-state index in [4.69, 9.17) is 5.73 Å². The number of hydrogen-bond acceptors (Lipinski definition) is 6.